The van der Waals surface area contributed by atoms with Crippen LogP contribution >= 0.6 is 0 Å². The van der Waals surface area contributed by atoms with Gasteiger partial charge in [0.2, 0.25) is 5.91 Å². The molecule has 0 radical (unpaired) electrons. The molecular formula is C21H30BFN2O5. The van der Waals surface area contributed by atoms with E-state index in [1.165, 1.54) is 4.90 Å². The van der Waals surface area contributed by atoms with Gasteiger partial charge in [0.05, 0.1) is 17.7 Å². The summed E-state index contributed by atoms with van der Waals surface area (Å²) in [7, 11) is -0.500. The van der Waals surface area contributed by atoms with Crippen molar-refractivity contribution in [2.45, 2.75) is 70.4 Å². The van der Waals surface area contributed by atoms with Gasteiger partial charge in [0, 0.05) is 12.5 Å². The number of carbonyl (C=O) groups excluding carboxylic acids is 1. The van der Waals surface area contributed by atoms with E-state index in [-0.39, 0.29) is 13.0 Å². The van der Waals surface area contributed by atoms with Crippen LogP contribution in [0.15, 0.2) is 24.3 Å². The third-order valence-corrected chi connectivity index (χ3v) is 6.48. The zero-order valence-electron chi connectivity index (χ0n) is 18.1. The summed E-state index contributed by atoms with van der Waals surface area (Å²) in [5, 5.41) is 11.5. The number of benzene rings is 1. The van der Waals surface area contributed by atoms with Crippen molar-refractivity contribution >= 4 is 24.6 Å². The number of alkyl halides is 1. The molecule has 0 spiro atoms. The van der Waals surface area contributed by atoms with Gasteiger partial charge in [0.25, 0.3) is 0 Å². The number of rotatable bonds is 5. The number of carbonyl (C=O) groups is 2. The Balaban J connectivity index is 1.76. The number of halogens is 1. The number of nitrogens with one attached hydrogen (secondary N) is 1. The zero-order chi connectivity index (χ0) is 22.3. The van der Waals surface area contributed by atoms with Gasteiger partial charge in [-0.1, -0.05) is 31.2 Å². The molecule has 2 saturated heterocycles. The standard InChI is InChI=1S/C21H30BFN2O5/c1-13(17(24-19(27)28)18(26)25-11-10-16(23)12-25)14-6-8-15(9-7-14)22-29-20(2,3)21(4,5)30-22/h6-9,13,16-17,24H,10-12H2,1-5H3,(H,27,28)/t13-,16-,17-/m0/s1. The summed E-state index contributed by atoms with van der Waals surface area (Å²) < 4.78 is 25.6. The zero-order valence-corrected chi connectivity index (χ0v) is 18.1. The summed E-state index contributed by atoms with van der Waals surface area (Å²) in [4.78, 5) is 25.5. The van der Waals surface area contributed by atoms with Gasteiger partial charge in [-0.2, -0.15) is 0 Å². The molecule has 2 heterocycles. The van der Waals surface area contributed by atoms with Gasteiger partial charge in [0.1, 0.15) is 12.2 Å². The minimum Gasteiger partial charge on any atom is -0.465 e. The van der Waals surface area contributed by atoms with Crippen molar-refractivity contribution in [2.24, 2.45) is 0 Å². The largest absolute Gasteiger partial charge is 0.494 e. The molecule has 2 fully saturated rings. The molecule has 1 aromatic rings. The SMILES string of the molecule is C[C@@H](c1ccc(B2OC(C)(C)C(C)(C)O2)cc1)[C@H](NC(=O)O)C(=O)N1CC[C@H](F)C1. The summed E-state index contributed by atoms with van der Waals surface area (Å²) in [6.07, 6.45) is -2.07. The highest BCUT2D eigenvalue weighted by Crippen LogP contribution is 2.36. The molecule has 0 aliphatic carbocycles. The van der Waals surface area contributed by atoms with E-state index in [1.54, 1.807) is 6.92 Å². The normalized spacial score (nSPS) is 24.5. The topological polar surface area (TPSA) is 88.1 Å². The molecule has 0 saturated carbocycles. The first-order chi connectivity index (χ1) is 13.9. The summed E-state index contributed by atoms with van der Waals surface area (Å²) in [5.41, 5.74) is 0.740. The van der Waals surface area contributed by atoms with Crippen molar-refractivity contribution in [1.82, 2.24) is 10.2 Å². The van der Waals surface area contributed by atoms with Gasteiger partial charge in [-0.15, -0.1) is 0 Å². The summed E-state index contributed by atoms with van der Waals surface area (Å²) in [6.45, 7) is 10.0. The molecule has 0 unspecified atom stereocenters. The van der Waals surface area contributed by atoms with Crippen molar-refractivity contribution in [3.05, 3.63) is 29.8 Å². The third kappa shape index (κ3) is 4.47. The smallest absolute Gasteiger partial charge is 0.465 e. The van der Waals surface area contributed by atoms with E-state index in [1.807, 2.05) is 52.0 Å². The summed E-state index contributed by atoms with van der Waals surface area (Å²) in [6, 6.07) is 6.43. The van der Waals surface area contributed by atoms with E-state index in [2.05, 4.69) is 5.32 Å². The molecule has 30 heavy (non-hydrogen) atoms. The monoisotopic (exact) mass is 420 g/mol. The Bertz CT molecular complexity index is 785. The number of hydrogen-bond donors (Lipinski definition) is 2. The fourth-order valence-electron chi connectivity index (χ4n) is 3.78. The van der Waals surface area contributed by atoms with Gasteiger partial charge in [0.15, 0.2) is 0 Å². The molecule has 0 bridgehead atoms. The Kier molecular flexibility index (Phi) is 6.16. The molecule has 2 N–H and O–H groups in total. The van der Waals surface area contributed by atoms with Crippen molar-refractivity contribution in [3.63, 3.8) is 0 Å². The average Bonchev–Trinajstić information content (AvgIpc) is 3.19. The van der Waals surface area contributed by atoms with E-state index in [0.29, 0.717) is 6.54 Å². The Morgan fingerprint density at radius 1 is 1.20 bits per heavy atom. The second-order valence-corrected chi connectivity index (χ2v) is 9.14. The van der Waals surface area contributed by atoms with Gasteiger partial charge in [-0.3, -0.25) is 4.79 Å². The summed E-state index contributed by atoms with van der Waals surface area (Å²) >= 11 is 0. The molecule has 1 aromatic carbocycles. The molecule has 9 heteroatoms. The molecular weight excluding hydrogens is 390 g/mol. The van der Waals surface area contributed by atoms with E-state index < -0.39 is 48.5 Å². The maximum atomic E-state index is 13.5. The molecule has 7 nitrogen and oxygen atoms in total. The van der Waals surface area contributed by atoms with Crippen LogP contribution in [0, 0.1) is 0 Å². The van der Waals surface area contributed by atoms with Crippen molar-refractivity contribution in [2.75, 3.05) is 13.1 Å². The van der Waals surface area contributed by atoms with Crippen LogP contribution in [-0.4, -0.2) is 65.6 Å². The minimum atomic E-state index is -1.29. The van der Waals surface area contributed by atoms with Gasteiger partial charge in [-0.05, 0) is 45.1 Å². The molecule has 2 aliphatic rings. The van der Waals surface area contributed by atoms with E-state index >= 15 is 0 Å². The minimum absolute atomic E-state index is 0.00419. The van der Waals surface area contributed by atoms with Crippen LogP contribution in [-0.2, 0) is 14.1 Å². The Labute approximate surface area is 177 Å². The van der Waals surface area contributed by atoms with Crippen LogP contribution in [0.25, 0.3) is 0 Å². The fraction of sp³-hybridized carbons (Fsp3) is 0.619. The van der Waals surface area contributed by atoms with Crippen molar-refractivity contribution in [1.29, 1.82) is 0 Å². The molecule has 164 valence electrons. The number of carboxylic acid groups (broad SMARTS) is 1. The average molecular weight is 420 g/mol. The lowest BCUT2D eigenvalue weighted by molar-refractivity contribution is -0.133. The number of likely N-dealkylation sites (tertiary alicyclic amines) is 1. The maximum Gasteiger partial charge on any atom is 0.494 e. The van der Waals surface area contributed by atoms with Crippen LogP contribution < -0.4 is 10.8 Å². The Hall–Kier alpha value is -2.13. The lowest BCUT2D eigenvalue weighted by atomic mass is 9.78. The van der Waals surface area contributed by atoms with E-state index in [4.69, 9.17) is 9.31 Å². The molecule has 3 atom stereocenters. The first kappa shape index (κ1) is 22.6. The second kappa shape index (κ2) is 8.19. The van der Waals surface area contributed by atoms with Crippen molar-refractivity contribution < 1.29 is 28.4 Å². The fourth-order valence-corrected chi connectivity index (χ4v) is 3.78. The van der Waals surface area contributed by atoms with E-state index in [9.17, 15) is 19.1 Å². The Morgan fingerprint density at radius 3 is 2.23 bits per heavy atom. The van der Waals surface area contributed by atoms with Gasteiger partial charge >= 0.3 is 13.2 Å². The summed E-state index contributed by atoms with van der Waals surface area (Å²) in [5.74, 6) is -0.834. The van der Waals surface area contributed by atoms with E-state index in [0.717, 1.165) is 11.0 Å². The number of hydrogen-bond acceptors (Lipinski definition) is 4. The quantitative estimate of drug-likeness (QED) is 0.714. The maximum absolute atomic E-state index is 13.5. The highest BCUT2D eigenvalue weighted by atomic mass is 19.1. The van der Waals surface area contributed by atoms with Crippen molar-refractivity contribution in [3.8, 4) is 0 Å². The predicted molar refractivity (Wildman–Crippen MR) is 112 cm³/mol. The van der Waals surface area contributed by atoms with Crippen LogP contribution in [0.3, 0.4) is 0 Å². The molecule has 0 aromatic heterocycles. The van der Waals surface area contributed by atoms with Gasteiger partial charge < -0.3 is 24.6 Å². The second-order valence-electron chi connectivity index (χ2n) is 9.14. The third-order valence-electron chi connectivity index (χ3n) is 6.48. The molecule has 3 rings (SSSR count). The highest BCUT2D eigenvalue weighted by molar-refractivity contribution is 6.62. The van der Waals surface area contributed by atoms with Crippen LogP contribution in [0.1, 0.15) is 52.5 Å². The number of nitrogens with zero attached hydrogens (tertiary/aromatic N) is 1. The lowest BCUT2D eigenvalue weighted by Crippen LogP contribution is -2.50. The van der Waals surface area contributed by atoms with Crippen LogP contribution in [0.4, 0.5) is 9.18 Å². The molecule has 2 amide bonds. The first-order valence-corrected chi connectivity index (χ1v) is 10.3. The number of amides is 2. The predicted octanol–water partition coefficient (Wildman–Crippen LogP) is 2.30. The molecule has 2 aliphatic heterocycles. The van der Waals surface area contributed by atoms with Gasteiger partial charge in [-0.25, -0.2) is 9.18 Å². The van der Waals surface area contributed by atoms with Crippen LogP contribution in [0.5, 0.6) is 0 Å². The highest BCUT2D eigenvalue weighted by Gasteiger charge is 2.51. The lowest BCUT2D eigenvalue weighted by Gasteiger charge is -2.32. The first-order valence-electron chi connectivity index (χ1n) is 10.3. The van der Waals surface area contributed by atoms with Crippen LogP contribution in [0.2, 0.25) is 0 Å². The Morgan fingerprint density at radius 2 is 1.77 bits per heavy atom.